The number of carbonyl (C=O) groups excluding carboxylic acids is 1. The van der Waals surface area contributed by atoms with Gasteiger partial charge in [0.25, 0.3) is 10.0 Å². The normalized spacial score (nSPS) is 19.0. The lowest BCUT2D eigenvalue weighted by Gasteiger charge is -2.23. The van der Waals surface area contributed by atoms with Crippen molar-refractivity contribution in [1.29, 1.82) is 0 Å². The average molecular weight is 417 g/mol. The van der Waals surface area contributed by atoms with Crippen molar-refractivity contribution in [2.24, 2.45) is 4.40 Å². The maximum absolute atomic E-state index is 12.8. The van der Waals surface area contributed by atoms with Crippen LogP contribution in [0.4, 0.5) is 4.79 Å². The van der Waals surface area contributed by atoms with Gasteiger partial charge >= 0.3 is 6.03 Å². The molecule has 8 heteroatoms. The summed E-state index contributed by atoms with van der Waals surface area (Å²) in [5, 5.41) is 2.79. The van der Waals surface area contributed by atoms with Gasteiger partial charge in [0.2, 0.25) is 0 Å². The van der Waals surface area contributed by atoms with Crippen LogP contribution in [0.5, 0.6) is 0 Å². The average Bonchev–Trinajstić information content (AvgIpc) is 2.86. The molecule has 2 amide bonds. The van der Waals surface area contributed by atoms with Crippen LogP contribution in [0.15, 0.2) is 46.9 Å². The molecule has 0 aromatic heterocycles. The van der Waals surface area contributed by atoms with Gasteiger partial charge in [-0.2, -0.15) is 8.42 Å². The molecule has 0 atom stereocenters. The van der Waals surface area contributed by atoms with Gasteiger partial charge < -0.3 is 15.1 Å². The number of urea groups is 1. The SMILES string of the molecule is C=CCNC(=O)N1CCCN(C2=NS(=O)(=O)C(c3ccc(CC)cc3)=C2C)CC1. The highest BCUT2D eigenvalue weighted by molar-refractivity contribution is 8.00. The number of sulfonamides is 1. The monoisotopic (exact) mass is 416 g/mol. The zero-order valence-electron chi connectivity index (χ0n) is 17.0. The largest absolute Gasteiger partial charge is 0.354 e. The van der Waals surface area contributed by atoms with E-state index in [4.69, 9.17) is 0 Å². The summed E-state index contributed by atoms with van der Waals surface area (Å²) in [5.41, 5.74) is 2.49. The zero-order valence-corrected chi connectivity index (χ0v) is 17.8. The smallest absolute Gasteiger partial charge is 0.317 e. The lowest BCUT2D eigenvalue weighted by Crippen LogP contribution is -2.42. The Kier molecular flexibility index (Phi) is 6.42. The Morgan fingerprint density at radius 2 is 1.93 bits per heavy atom. The molecule has 2 aliphatic heterocycles. The van der Waals surface area contributed by atoms with E-state index in [0.717, 1.165) is 18.4 Å². The second-order valence-electron chi connectivity index (χ2n) is 7.20. The molecule has 1 aromatic rings. The number of amidine groups is 1. The summed E-state index contributed by atoms with van der Waals surface area (Å²) in [4.78, 5) is 16.2. The maximum Gasteiger partial charge on any atom is 0.317 e. The van der Waals surface area contributed by atoms with Gasteiger partial charge in [-0.1, -0.05) is 37.3 Å². The quantitative estimate of drug-likeness (QED) is 0.765. The van der Waals surface area contributed by atoms with E-state index in [1.165, 1.54) is 0 Å². The summed E-state index contributed by atoms with van der Waals surface area (Å²) in [6, 6.07) is 7.48. The van der Waals surface area contributed by atoms with E-state index in [1.807, 2.05) is 36.1 Å². The summed E-state index contributed by atoms with van der Waals surface area (Å²) in [6.45, 7) is 10.2. The molecule has 1 aromatic carbocycles. The van der Waals surface area contributed by atoms with E-state index in [2.05, 4.69) is 23.2 Å². The van der Waals surface area contributed by atoms with Gasteiger partial charge in [-0.15, -0.1) is 11.0 Å². The fraction of sp³-hybridized carbons (Fsp3) is 0.429. The maximum atomic E-state index is 12.8. The van der Waals surface area contributed by atoms with Crippen LogP contribution in [-0.4, -0.2) is 62.8 Å². The Bertz CT molecular complexity index is 949. The van der Waals surface area contributed by atoms with Crippen LogP contribution in [0.2, 0.25) is 0 Å². The molecule has 0 aliphatic carbocycles. The van der Waals surface area contributed by atoms with Crippen molar-refractivity contribution < 1.29 is 13.2 Å². The summed E-state index contributed by atoms with van der Waals surface area (Å²) in [6.07, 6.45) is 3.29. The van der Waals surface area contributed by atoms with Gasteiger partial charge in [-0.05, 0) is 30.9 Å². The topological polar surface area (TPSA) is 82.1 Å². The van der Waals surface area contributed by atoms with E-state index >= 15 is 0 Å². The molecular formula is C21H28N4O3S. The first-order chi connectivity index (χ1) is 13.9. The summed E-state index contributed by atoms with van der Waals surface area (Å²) in [7, 11) is -3.74. The van der Waals surface area contributed by atoms with Crippen LogP contribution in [0.3, 0.4) is 0 Å². The molecule has 2 heterocycles. The number of aryl methyl sites for hydroxylation is 1. The van der Waals surface area contributed by atoms with E-state index in [1.54, 1.807) is 11.0 Å². The molecule has 1 N–H and O–H groups in total. The molecule has 2 aliphatic rings. The number of rotatable bonds is 4. The highest BCUT2D eigenvalue weighted by Gasteiger charge is 2.34. The number of hydrogen-bond donors (Lipinski definition) is 1. The van der Waals surface area contributed by atoms with E-state index < -0.39 is 10.0 Å². The number of nitrogens with zero attached hydrogens (tertiary/aromatic N) is 3. The van der Waals surface area contributed by atoms with E-state index in [-0.39, 0.29) is 10.9 Å². The third kappa shape index (κ3) is 4.53. The molecule has 3 rings (SSSR count). The number of hydrogen-bond acceptors (Lipinski definition) is 4. The third-order valence-electron chi connectivity index (χ3n) is 5.25. The predicted octanol–water partition coefficient (Wildman–Crippen LogP) is 2.63. The van der Waals surface area contributed by atoms with Crippen molar-refractivity contribution in [2.45, 2.75) is 26.7 Å². The molecular weight excluding hydrogens is 388 g/mol. The van der Waals surface area contributed by atoms with Gasteiger partial charge in [0.15, 0.2) is 0 Å². The van der Waals surface area contributed by atoms with Crippen molar-refractivity contribution in [3.05, 3.63) is 53.6 Å². The molecule has 0 unspecified atom stereocenters. The van der Waals surface area contributed by atoms with Crippen LogP contribution in [0, 0.1) is 0 Å². The van der Waals surface area contributed by atoms with Gasteiger partial charge in [0.1, 0.15) is 10.7 Å². The molecule has 0 spiro atoms. The van der Waals surface area contributed by atoms with E-state index in [0.29, 0.717) is 49.7 Å². The predicted molar refractivity (Wildman–Crippen MR) is 116 cm³/mol. The first kappa shape index (κ1) is 21.1. The minimum Gasteiger partial charge on any atom is -0.354 e. The summed E-state index contributed by atoms with van der Waals surface area (Å²) in [5.74, 6) is 0.493. The standard InChI is InChI=1S/C21H28N4O3S/c1-4-11-22-21(26)25-13-6-12-24(14-15-25)20-16(3)19(29(27,28)23-20)18-9-7-17(5-2)8-10-18/h4,7-10H,1,5-6,11-15H2,2-3H3,(H,22,26). The van der Waals surface area contributed by atoms with Gasteiger partial charge in [-0.25, -0.2) is 4.79 Å². The van der Waals surface area contributed by atoms with Gasteiger partial charge in [-0.3, -0.25) is 0 Å². The van der Waals surface area contributed by atoms with Crippen LogP contribution in [0.1, 0.15) is 31.4 Å². The summed E-state index contributed by atoms with van der Waals surface area (Å²) < 4.78 is 29.7. The number of nitrogens with one attached hydrogen (secondary N) is 1. The molecule has 156 valence electrons. The Labute approximate surface area is 172 Å². The fourth-order valence-corrected chi connectivity index (χ4v) is 5.16. The molecule has 1 fully saturated rings. The number of amides is 2. The molecule has 7 nitrogen and oxygen atoms in total. The highest BCUT2D eigenvalue weighted by atomic mass is 32.2. The lowest BCUT2D eigenvalue weighted by atomic mass is 10.1. The van der Waals surface area contributed by atoms with Crippen molar-refractivity contribution >= 4 is 26.8 Å². The van der Waals surface area contributed by atoms with Crippen molar-refractivity contribution in [3.8, 4) is 0 Å². The first-order valence-corrected chi connectivity index (χ1v) is 11.4. The fourth-order valence-electron chi connectivity index (χ4n) is 3.68. The van der Waals surface area contributed by atoms with Crippen LogP contribution >= 0.6 is 0 Å². The minimum absolute atomic E-state index is 0.128. The second-order valence-corrected chi connectivity index (χ2v) is 8.74. The van der Waals surface area contributed by atoms with Crippen molar-refractivity contribution in [3.63, 3.8) is 0 Å². The molecule has 29 heavy (non-hydrogen) atoms. The van der Waals surface area contributed by atoms with E-state index in [9.17, 15) is 13.2 Å². The Morgan fingerprint density at radius 3 is 2.59 bits per heavy atom. The minimum atomic E-state index is -3.74. The highest BCUT2D eigenvalue weighted by Crippen LogP contribution is 2.34. The molecule has 0 radical (unpaired) electrons. The summed E-state index contributed by atoms with van der Waals surface area (Å²) >= 11 is 0. The Balaban J connectivity index is 1.80. The van der Waals surface area contributed by atoms with Crippen LogP contribution in [-0.2, 0) is 16.4 Å². The Hall–Kier alpha value is -2.61. The molecule has 0 bridgehead atoms. The molecule has 1 saturated heterocycles. The first-order valence-electron chi connectivity index (χ1n) is 9.91. The van der Waals surface area contributed by atoms with Gasteiger partial charge in [0.05, 0.1) is 0 Å². The number of benzene rings is 1. The number of carbonyl (C=O) groups is 1. The van der Waals surface area contributed by atoms with Crippen molar-refractivity contribution in [2.75, 3.05) is 32.7 Å². The molecule has 0 saturated carbocycles. The second kappa shape index (κ2) is 8.82. The van der Waals surface area contributed by atoms with Crippen molar-refractivity contribution in [1.82, 2.24) is 15.1 Å². The lowest BCUT2D eigenvalue weighted by molar-refractivity contribution is 0.201. The Morgan fingerprint density at radius 1 is 1.21 bits per heavy atom. The van der Waals surface area contributed by atoms with Crippen LogP contribution in [0.25, 0.3) is 4.91 Å². The third-order valence-corrected chi connectivity index (χ3v) is 6.72. The zero-order chi connectivity index (χ0) is 21.0. The van der Waals surface area contributed by atoms with Gasteiger partial charge in [0, 0.05) is 38.3 Å². The van der Waals surface area contributed by atoms with Crippen LogP contribution < -0.4 is 5.32 Å².